The van der Waals surface area contributed by atoms with Gasteiger partial charge in [-0.1, -0.05) is 42.5 Å². The second kappa shape index (κ2) is 7.39. The maximum absolute atomic E-state index is 12.7. The van der Waals surface area contributed by atoms with Gasteiger partial charge in [0.15, 0.2) is 0 Å². The van der Waals surface area contributed by atoms with Crippen molar-refractivity contribution in [2.75, 3.05) is 25.2 Å². The van der Waals surface area contributed by atoms with Crippen molar-refractivity contribution in [3.05, 3.63) is 71.8 Å². The Morgan fingerprint density at radius 3 is 2.63 bits per heavy atom. The van der Waals surface area contributed by atoms with Gasteiger partial charge in [-0.25, -0.2) is 0 Å². The number of ether oxygens (including phenoxy) is 2. The topological polar surface area (TPSA) is 59.0 Å². The van der Waals surface area contributed by atoms with Crippen molar-refractivity contribution in [1.29, 1.82) is 0 Å². The molecule has 3 aromatic rings. The van der Waals surface area contributed by atoms with E-state index in [1.807, 2.05) is 60.7 Å². The van der Waals surface area contributed by atoms with Gasteiger partial charge in [0.1, 0.15) is 5.75 Å². The molecule has 0 saturated carbocycles. The average molecular weight is 363 g/mol. The minimum absolute atomic E-state index is 0.0782. The van der Waals surface area contributed by atoms with Crippen LogP contribution < -0.4 is 9.64 Å². The highest BCUT2D eigenvalue weighted by atomic mass is 16.5. The van der Waals surface area contributed by atoms with Crippen molar-refractivity contribution < 1.29 is 19.4 Å². The van der Waals surface area contributed by atoms with E-state index >= 15 is 0 Å². The molecule has 1 aliphatic heterocycles. The highest BCUT2D eigenvalue weighted by Gasteiger charge is 2.30. The molecule has 1 aliphatic rings. The maximum Gasteiger partial charge on any atom is 0.259 e. The Labute approximate surface area is 157 Å². The number of nitrogens with zero attached hydrogens (tertiary/aromatic N) is 1. The fourth-order valence-corrected chi connectivity index (χ4v) is 3.55. The molecule has 1 N–H and O–H groups in total. The zero-order chi connectivity index (χ0) is 18.8. The van der Waals surface area contributed by atoms with E-state index in [4.69, 9.17) is 9.47 Å². The van der Waals surface area contributed by atoms with Gasteiger partial charge in [0.05, 0.1) is 38.7 Å². The number of methoxy groups -OCH3 is 1. The molecule has 0 radical (unpaired) electrons. The summed E-state index contributed by atoms with van der Waals surface area (Å²) in [5, 5.41) is 12.4. The number of amides is 1. The summed E-state index contributed by atoms with van der Waals surface area (Å²) < 4.78 is 10.9. The third-order valence-electron chi connectivity index (χ3n) is 4.80. The number of benzene rings is 3. The van der Waals surface area contributed by atoms with Gasteiger partial charge in [-0.05, 0) is 23.6 Å². The molecule has 0 fully saturated rings. The first-order valence-corrected chi connectivity index (χ1v) is 8.90. The van der Waals surface area contributed by atoms with Crippen molar-refractivity contribution in [3.63, 3.8) is 0 Å². The number of rotatable bonds is 7. The number of para-hydroxylation sites is 1. The number of β-amino-alcohol motifs (C(OH)–C–C–N with tert-alkyl or cyclic N) is 1. The summed E-state index contributed by atoms with van der Waals surface area (Å²) in [7, 11) is 1.62. The van der Waals surface area contributed by atoms with Crippen LogP contribution in [0, 0.1) is 0 Å². The Morgan fingerprint density at radius 1 is 1.04 bits per heavy atom. The molecule has 0 bridgehead atoms. The lowest BCUT2D eigenvalue weighted by Crippen LogP contribution is -2.37. The fourth-order valence-electron chi connectivity index (χ4n) is 3.55. The van der Waals surface area contributed by atoms with E-state index < -0.39 is 6.10 Å². The standard InChI is InChI=1S/C22H21NO4/c1-26-20-11-3-2-6-16(20)13-27-14-17(24)12-23-19-10-5-8-15-7-4-9-18(21(15)19)22(23)25/h2-11,17,24H,12-14H2,1H3. The monoisotopic (exact) mass is 363 g/mol. The van der Waals surface area contributed by atoms with Gasteiger partial charge in [-0.15, -0.1) is 0 Å². The summed E-state index contributed by atoms with van der Waals surface area (Å²) >= 11 is 0. The second-order valence-electron chi connectivity index (χ2n) is 6.58. The normalized spacial score (nSPS) is 14.0. The number of anilines is 1. The van der Waals surface area contributed by atoms with Crippen LogP contribution in [0.4, 0.5) is 5.69 Å². The summed E-state index contributed by atoms with van der Waals surface area (Å²) in [4.78, 5) is 14.4. The molecule has 0 saturated heterocycles. The largest absolute Gasteiger partial charge is 0.496 e. The first kappa shape index (κ1) is 17.5. The smallest absolute Gasteiger partial charge is 0.259 e. The van der Waals surface area contributed by atoms with Crippen LogP contribution >= 0.6 is 0 Å². The summed E-state index contributed by atoms with van der Waals surface area (Å²) in [6.45, 7) is 0.664. The number of hydrogen-bond donors (Lipinski definition) is 1. The lowest BCUT2D eigenvalue weighted by molar-refractivity contribution is 0.0310. The average Bonchev–Trinajstić information content (AvgIpc) is 2.96. The SMILES string of the molecule is COc1ccccc1COCC(O)CN1C(=O)c2cccc3cccc1c23. The van der Waals surface area contributed by atoms with Gasteiger partial charge in [0.2, 0.25) is 0 Å². The van der Waals surface area contributed by atoms with E-state index in [1.54, 1.807) is 12.0 Å². The van der Waals surface area contributed by atoms with Crippen LogP contribution in [-0.2, 0) is 11.3 Å². The Hall–Kier alpha value is -2.89. The van der Waals surface area contributed by atoms with E-state index in [-0.39, 0.29) is 19.1 Å². The Bertz CT molecular complexity index is 980. The van der Waals surface area contributed by atoms with Gasteiger partial charge in [0.25, 0.3) is 5.91 Å². The van der Waals surface area contributed by atoms with Gasteiger partial charge in [0, 0.05) is 16.5 Å². The molecular formula is C22H21NO4. The number of aliphatic hydroxyl groups is 1. The Morgan fingerprint density at radius 2 is 1.81 bits per heavy atom. The van der Waals surface area contributed by atoms with Crippen molar-refractivity contribution in [1.82, 2.24) is 0 Å². The molecule has 1 atom stereocenters. The summed E-state index contributed by atoms with van der Waals surface area (Å²) in [6, 6.07) is 19.2. The van der Waals surface area contributed by atoms with Crippen LogP contribution in [0.25, 0.3) is 10.8 Å². The molecular weight excluding hydrogens is 342 g/mol. The lowest BCUT2D eigenvalue weighted by atomic mass is 10.1. The van der Waals surface area contributed by atoms with Crippen LogP contribution in [0.1, 0.15) is 15.9 Å². The van der Waals surface area contributed by atoms with Crippen LogP contribution in [0.2, 0.25) is 0 Å². The molecule has 0 aliphatic carbocycles. The van der Waals surface area contributed by atoms with E-state index in [0.717, 1.165) is 27.8 Å². The van der Waals surface area contributed by atoms with E-state index in [0.29, 0.717) is 12.2 Å². The lowest BCUT2D eigenvalue weighted by Gasteiger charge is -2.21. The number of hydrogen-bond acceptors (Lipinski definition) is 4. The van der Waals surface area contributed by atoms with Gasteiger partial charge < -0.3 is 19.5 Å². The van der Waals surface area contributed by atoms with Crippen molar-refractivity contribution in [3.8, 4) is 5.75 Å². The highest BCUT2D eigenvalue weighted by molar-refractivity contribution is 6.25. The molecule has 1 heterocycles. The minimum Gasteiger partial charge on any atom is -0.496 e. The van der Waals surface area contributed by atoms with Gasteiger partial charge in [-0.2, -0.15) is 0 Å². The third kappa shape index (κ3) is 3.27. The van der Waals surface area contributed by atoms with Crippen molar-refractivity contribution >= 4 is 22.4 Å². The summed E-state index contributed by atoms with van der Waals surface area (Å²) in [5.41, 5.74) is 2.45. The van der Waals surface area contributed by atoms with E-state index in [9.17, 15) is 9.90 Å². The number of aliphatic hydroxyl groups excluding tert-OH is 1. The van der Waals surface area contributed by atoms with Crippen LogP contribution in [-0.4, -0.2) is 37.4 Å². The molecule has 138 valence electrons. The quantitative estimate of drug-likeness (QED) is 0.699. The molecule has 27 heavy (non-hydrogen) atoms. The molecule has 4 rings (SSSR count). The van der Waals surface area contributed by atoms with Gasteiger partial charge >= 0.3 is 0 Å². The Balaban J connectivity index is 1.41. The predicted molar refractivity (Wildman–Crippen MR) is 104 cm³/mol. The molecule has 0 aromatic heterocycles. The highest BCUT2D eigenvalue weighted by Crippen LogP contribution is 2.37. The third-order valence-corrected chi connectivity index (χ3v) is 4.80. The predicted octanol–water partition coefficient (Wildman–Crippen LogP) is 3.39. The molecule has 1 amide bonds. The minimum atomic E-state index is -0.784. The molecule has 0 spiro atoms. The first-order valence-electron chi connectivity index (χ1n) is 8.90. The second-order valence-corrected chi connectivity index (χ2v) is 6.58. The number of carbonyl (C=O) groups excluding carboxylic acids is 1. The molecule has 5 nitrogen and oxygen atoms in total. The zero-order valence-electron chi connectivity index (χ0n) is 15.1. The molecule has 5 heteroatoms. The van der Waals surface area contributed by atoms with Gasteiger partial charge in [-0.3, -0.25) is 4.79 Å². The Kier molecular flexibility index (Phi) is 4.79. The van der Waals surface area contributed by atoms with Crippen LogP contribution in [0.15, 0.2) is 60.7 Å². The first-order chi connectivity index (χ1) is 13.2. The molecule has 3 aromatic carbocycles. The fraction of sp³-hybridized carbons (Fsp3) is 0.227. The number of carbonyl (C=O) groups is 1. The van der Waals surface area contributed by atoms with E-state index in [2.05, 4.69) is 0 Å². The van der Waals surface area contributed by atoms with Crippen molar-refractivity contribution in [2.45, 2.75) is 12.7 Å². The summed E-state index contributed by atoms with van der Waals surface area (Å²) in [6.07, 6.45) is -0.784. The van der Waals surface area contributed by atoms with Crippen molar-refractivity contribution in [2.24, 2.45) is 0 Å². The summed E-state index contributed by atoms with van der Waals surface area (Å²) in [5.74, 6) is 0.675. The van der Waals surface area contributed by atoms with Crippen LogP contribution in [0.3, 0.4) is 0 Å². The molecule has 1 unspecified atom stereocenters. The van der Waals surface area contributed by atoms with Crippen LogP contribution in [0.5, 0.6) is 5.75 Å². The van der Waals surface area contributed by atoms with E-state index in [1.165, 1.54) is 0 Å². The maximum atomic E-state index is 12.7. The zero-order valence-corrected chi connectivity index (χ0v) is 15.1.